The van der Waals surface area contributed by atoms with Crippen LogP contribution in [0.25, 0.3) is 0 Å². The van der Waals surface area contributed by atoms with E-state index >= 15 is 0 Å². The minimum atomic E-state index is -0.239. The number of carbonyl (C=O) groups is 1. The van der Waals surface area contributed by atoms with Gasteiger partial charge in [-0.25, -0.2) is 4.79 Å². The van der Waals surface area contributed by atoms with Crippen molar-refractivity contribution >= 4 is 39.4 Å². The molecule has 118 valence electrons. The van der Waals surface area contributed by atoms with Crippen molar-refractivity contribution < 1.29 is 4.79 Å². The Morgan fingerprint density at radius 1 is 1.36 bits per heavy atom. The van der Waals surface area contributed by atoms with Crippen LogP contribution in [-0.4, -0.2) is 33.1 Å². The Morgan fingerprint density at radius 2 is 2.14 bits per heavy atom. The van der Waals surface area contributed by atoms with Crippen LogP contribution in [0.3, 0.4) is 0 Å². The average Bonchev–Trinajstić information content (AvgIpc) is 2.83. The molecular weight excluding hydrogens is 366 g/mol. The highest BCUT2D eigenvalue weighted by Crippen LogP contribution is 2.20. The number of halogens is 1. The largest absolute Gasteiger partial charge is 0.337 e. The molecule has 0 aliphatic heterocycles. The number of carbonyl (C=O) groups excluding carboxylic acids is 1. The number of para-hydroxylation sites is 1. The summed E-state index contributed by atoms with van der Waals surface area (Å²) in [6.45, 7) is 2.58. The van der Waals surface area contributed by atoms with E-state index < -0.39 is 0 Å². The molecule has 0 radical (unpaired) electrons. The first-order valence-electron chi connectivity index (χ1n) is 6.92. The van der Waals surface area contributed by atoms with Gasteiger partial charge in [-0.2, -0.15) is 0 Å². The number of thioether (sulfide) groups is 1. The summed E-state index contributed by atoms with van der Waals surface area (Å²) in [6.07, 6.45) is 0.636. The second kappa shape index (κ2) is 8.19. The van der Waals surface area contributed by atoms with Gasteiger partial charge in [0.2, 0.25) is 0 Å². The smallest absolute Gasteiger partial charge is 0.319 e. The summed E-state index contributed by atoms with van der Waals surface area (Å²) >= 11 is 5.04. The Bertz CT molecular complexity index is 646. The van der Waals surface area contributed by atoms with Crippen molar-refractivity contribution in [1.29, 1.82) is 0 Å². The van der Waals surface area contributed by atoms with Crippen LogP contribution in [0.4, 0.5) is 10.5 Å². The third kappa shape index (κ3) is 4.48. The van der Waals surface area contributed by atoms with Crippen LogP contribution < -0.4 is 10.6 Å². The summed E-state index contributed by atoms with van der Waals surface area (Å²) in [7, 11) is 1.94. The first-order chi connectivity index (χ1) is 10.6. The zero-order valence-electron chi connectivity index (χ0n) is 12.5. The third-order valence-electron chi connectivity index (χ3n) is 2.95. The third-order valence-corrected chi connectivity index (χ3v) is 4.55. The van der Waals surface area contributed by atoms with Gasteiger partial charge >= 0.3 is 6.03 Å². The minimum Gasteiger partial charge on any atom is -0.337 e. The van der Waals surface area contributed by atoms with Crippen LogP contribution in [0.15, 0.2) is 33.9 Å². The molecule has 6 nitrogen and oxygen atoms in total. The topological polar surface area (TPSA) is 71.8 Å². The van der Waals surface area contributed by atoms with E-state index in [2.05, 4.69) is 43.7 Å². The molecule has 1 aromatic heterocycles. The monoisotopic (exact) mass is 383 g/mol. The minimum absolute atomic E-state index is 0.239. The number of hydrogen-bond acceptors (Lipinski definition) is 4. The normalized spacial score (nSPS) is 10.5. The zero-order chi connectivity index (χ0) is 15.9. The first kappa shape index (κ1) is 16.8. The molecule has 2 N–H and O–H groups in total. The summed E-state index contributed by atoms with van der Waals surface area (Å²) in [4.78, 5) is 11.9. The number of aromatic nitrogens is 3. The molecule has 0 unspecified atom stereocenters. The summed E-state index contributed by atoms with van der Waals surface area (Å²) in [5, 5.41) is 14.8. The summed E-state index contributed by atoms with van der Waals surface area (Å²) in [6, 6.07) is 7.24. The van der Waals surface area contributed by atoms with E-state index in [0.717, 1.165) is 26.9 Å². The molecule has 0 bridgehead atoms. The number of hydrogen-bond donors (Lipinski definition) is 2. The number of nitrogens with zero attached hydrogens (tertiary/aromatic N) is 3. The van der Waals surface area contributed by atoms with E-state index in [-0.39, 0.29) is 6.03 Å². The lowest BCUT2D eigenvalue weighted by molar-refractivity contribution is 0.252. The Morgan fingerprint density at radius 3 is 2.86 bits per heavy atom. The molecule has 2 aromatic rings. The van der Waals surface area contributed by atoms with Gasteiger partial charge in [0.15, 0.2) is 5.16 Å². The molecule has 22 heavy (non-hydrogen) atoms. The van der Waals surface area contributed by atoms with Crippen molar-refractivity contribution in [1.82, 2.24) is 20.1 Å². The summed E-state index contributed by atoms with van der Waals surface area (Å²) in [5.74, 6) is 1.82. The summed E-state index contributed by atoms with van der Waals surface area (Å²) < 4.78 is 2.81. The van der Waals surface area contributed by atoms with Crippen LogP contribution >= 0.6 is 27.7 Å². The molecule has 1 aromatic carbocycles. The lowest BCUT2D eigenvalue weighted by atomic mass is 10.3. The van der Waals surface area contributed by atoms with Gasteiger partial charge in [-0.1, -0.05) is 30.8 Å². The molecular formula is C14H18BrN5OS. The van der Waals surface area contributed by atoms with E-state index in [1.165, 1.54) is 0 Å². The van der Waals surface area contributed by atoms with Crippen LogP contribution in [0, 0.1) is 0 Å². The molecule has 2 amide bonds. The molecule has 2 rings (SSSR count). The molecule has 0 fully saturated rings. The molecule has 0 aliphatic rings. The zero-order valence-corrected chi connectivity index (χ0v) is 14.9. The second-order valence-corrected chi connectivity index (χ2v) is 6.59. The fourth-order valence-electron chi connectivity index (χ4n) is 1.83. The van der Waals surface area contributed by atoms with Gasteiger partial charge < -0.3 is 15.2 Å². The van der Waals surface area contributed by atoms with E-state index in [9.17, 15) is 4.79 Å². The first-order valence-corrected chi connectivity index (χ1v) is 8.70. The van der Waals surface area contributed by atoms with Crippen molar-refractivity contribution in [2.45, 2.75) is 18.5 Å². The highest BCUT2D eigenvalue weighted by molar-refractivity contribution is 9.10. The maximum atomic E-state index is 11.9. The predicted octanol–water partition coefficient (Wildman–Crippen LogP) is 3.05. The maximum Gasteiger partial charge on any atom is 0.319 e. The summed E-state index contributed by atoms with van der Waals surface area (Å²) in [5.41, 5.74) is 0.736. The maximum absolute atomic E-state index is 11.9. The van der Waals surface area contributed by atoms with Crippen LogP contribution in [-0.2, 0) is 13.5 Å². The second-order valence-electron chi connectivity index (χ2n) is 4.50. The van der Waals surface area contributed by atoms with Gasteiger partial charge in [0.05, 0.1) is 5.69 Å². The standard InChI is InChI=1S/C14H18BrN5OS/c1-3-22-14-19-18-12(20(14)2)8-9-16-13(21)17-11-7-5-4-6-10(11)15/h4-7H,3,8-9H2,1-2H3,(H2,16,17,21). The van der Waals surface area contributed by atoms with Crippen molar-refractivity contribution in [3.63, 3.8) is 0 Å². The number of urea groups is 1. The molecule has 0 saturated carbocycles. The number of nitrogens with one attached hydrogen (secondary N) is 2. The number of rotatable bonds is 6. The Balaban J connectivity index is 1.81. The molecule has 1 heterocycles. The number of benzene rings is 1. The lowest BCUT2D eigenvalue weighted by Crippen LogP contribution is -2.31. The molecule has 8 heteroatoms. The van der Waals surface area contributed by atoms with E-state index in [1.54, 1.807) is 11.8 Å². The molecule has 0 atom stereocenters. The Labute approximate surface area is 142 Å². The molecule has 0 spiro atoms. The fraction of sp³-hybridized carbons (Fsp3) is 0.357. The lowest BCUT2D eigenvalue weighted by Gasteiger charge is -2.09. The van der Waals surface area contributed by atoms with E-state index in [1.807, 2.05) is 35.9 Å². The van der Waals surface area contributed by atoms with Crippen LogP contribution in [0.1, 0.15) is 12.7 Å². The van der Waals surface area contributed by atoms with Gasteiger partial charge in [0, 0.05) is 24.5 Å². The van der Waals surface area contributed by atoms with Crippen molar-refractivity contribution in [2.75, 3.05) is 17.6 Å². The van der Waals surface area contributed by atoms with Gasteiger partial charge in [-0.3, -0.25) is 0 Å². The predicted molar refractivity (Wildman–Crippen MR) is 92.3 cm³/mol. The van der Waals surface area contributed by atoms with Gasteiger partial charge in [-0.15, -0.1) is 10.2 Å². The van der Waals surface area contributed by atoms with Gasteiger partial charge in [0.25, 0.3) is 0 Å². The van der Waals surface area contributed by atoms with Crippen molar-refractivity contribution in [3.05, 3.63) is 34.6 Å². The SMILES string of the molecule is CCSc1nnc(CCNC(=O)Nc2ccccc2Br)n1C. The van der Waals surface area contributed by atoms with Gasteiger partial charge in [0.1, 0.15) is 5.82 Å². The number of anilines is 1. The van der Waals surface area contributed by atoms with Crippen molar-refractivity contribution in [2.24, 2.45) is 7.05 Å². The number of amides is 2. The van der Waals surface area contributed by atoms with E-state index in [4.69, 9.17) is 0 Å². The van der Waals surface area contributed by atoms with Crippen LogP contribution in [0.2, 0.25) is 0 Å². The van der Waals surface area contributed by atoms with Crippen molar-refractivity contribution in [3.8, 4) is 0 Å². The molecule has 0 saturated heterocycles. The fourth-order valence-corrected chi connectivity index (χ4v) is 2.87. The Kier molecular flexibility index (Phi) is 6.26. The van der Waals surface area contributed by atoms with Gasteiger partial charge in [-0.05, 0) is 33.8 Å². The average molecular weight is 384 g/mol. The highest BCUT2D eigenvalue weighted by Gasteiger charge is 2.09. The molecule has 0 aliphatic carbocycles. The highest BCUT2D eigenvalue weighted by atomic mass is 79.9. The quantitative estimate of drug-likeness (QED) is 0.751. The van der Waals surface area contributed by atoms with E-state index in [0.29, 0.717) is 13.0 Å². The van der Waals surface area contributed by atoms with Crippen LogP contribution in [0.5, 0.6) is 0 Å². The Hall–Kier alpha value is -1.54.